The summed E-state index contributed by atoms with van der Waals surface area (Å²) in [6.45, 7) is 4.16. The molecular weight excluding hydrogens is 624 g/mol. The summed E-state index contributed by atoms with van der Waals surface area (Å²) in [5, 5.41) is 0. The maximum atomic E-state index is 12.4. The van der Waals surface area contributed by atoms with Crippen molar-refractivity contribution in [2.24, 2.45) is 5.92 Å². The van der Waals surface area contributed by atoms with Crippen LogP contribution < -0.4 is 0 Å². The molecule has 0 aliphatic carbocycles. The molecule has 50 heavy (non-hydrogen) atoms. The Morgan fingerprint density at radius 1 is 0.440 bits per heavy atom. The highest BCUT2D eigenvalue weighted by atomic mass is 16.5. The van der Waals surface area contributed by atoms with Gasteiger partial charge in [-0.25, -0.2) is 0 Å². The zero-order valence-electron chi connectivity index (χ0n) is 32.8. The first-order valence-electron chi connectivity index (χ1n) is 20.3. The third kappa shape index (κ3) is 36.6. The number of allylic oxidation sites excluding steroid dienone is 8. The predicted octanol–water partition coefficient (Wildman–Crippen LogP) is 12.7. The van der Waals surface area contributed by atoms with Crippen molar-refractivity contribution < 1.29 is 28.6 Å². The molecule has 6 heteroatoms. The molecule has 0 aliphatic heterocycles. The van der Waals surface area contributed by atoms with E-state index in [4.69, 9.17) is 4.74 Å². The van der Waals surface area contributed by atoms with Crippen LogP contribution in [0, 0.1) is 5.92 Å². The summed E-state index contributed by atoms with van der Waals surface area (Å²) in [6, 6.07) is 0. The van der Waals surface area contributed by atoms with E-state index in [0.29, 0.717) is 25.2 Å². The number of methoxy groups -OCH3 is 2. The van der Waals surface area contributed by atoms with Gasteiger partial charge in [-0.05, 0) is 109 Å². The van der Waals surface area contributed by atoms with Crippen LogP contribution in [0.2, 0.25) is 0 Å². The van der Waals surface area contributed by atoms with E-state index in [9.17, 15) is 14.4 Å². The van der Waals surface area contributed by atoms with E-state index >= 15 is 0 Å². The Kier molecular flexibility index (Phi) is 35.6. The molecule has 0 heterocycles. The number of hydrogen-bond acceptors (Lipinski definition) is 6. The van der Waals surface area contributed by atoms with Gasteiger partial charge < -0.3 is 14.2 Å². The van der Waals surface area contributed by atoms with Crippen molar-refractivity contribution in [2.75, 3.05) is 14.2 Å². The highest BCUT2D eigenvalue weighted by Gasteiger charge is 2.15. The molecule has 0 saturated carbocycles. The van der Waals surface area contributed by atoms with Crippen LogP contribution >= 0.6 is 0 Å². The number of esters is 3. The van der Waals surface area contributed by atoms with Gasteiger partial charge in [0.2, 0.25) is 0 Å². The molecule has 6 nitrogen and oxygen atoms in total. The molecule has 0 N–H and O–H groups in total. The topological polar surface area (TPSA) is 78.9 Å². The number of unbranched alkanes of at least 4 members (excludes halogenated alkanes) is 16. The molecule has 0 aromatic heterocycles. The fourth-order valence-corrected chi connectivity index (χ4v) is 5.79. The Bertz CT molecular complexity index is 853. The summed E-state index contributed by atoms with van der Waals surface area (Å²) >= 11 is 0. The van der Waals surface area contributed by atoms with E-state index < -0.39 is 0 Å². The molecule has 0 amide bonds. The van der Waals surface area contributed by atoms with Crippen LogP contribution in [0.5, 0.6) is 0 Å². The third-order valence-corrected chi connectivity index (χ3v) is 8.84. The van der Waals surface area contributed by atoms with Crippen LogP contribution in [0.1, 0.15) is 187 Å². The molecule has 0 atom stereocenters. The molecule has 0 spiro atoms. The van der Waals surface area contributed by atoms with Crippen LogP contribution in [0.15, 0.2) is 48.6 Å². The van der Waals surface area contributed by atoms with Crippen molar-refractivity contribution in [3.8, 4) is 0 Å². The van der Waals surface area contributed by atoms with Gasteiger partial charge in [0.25, 0.3) is 0 Å². The summed E-state index contributed by atoms with van der Waals surface area (Å²) < 4.78 is 15.3. The van der Waals surface area contributed by atoms with Crippen molar-refractivity contribution in [3.05, 3.63) is 48.6 Å². The maximum absolute atomic E-state index is 12.4. The fraction of sp³-hybridized carbons (Fsp3) is 0.750. The van der Waals surface area contributed by atoms with Gasteiger partial charge >= 0.3 is 17.9 Å². The molecule has 0 saturated heterocycles. The maximum Gasteiger partial charge on any atom is 0.306 e. The van der Waals surface area contributed by atoms with Crippen LogP contribution in [0.3, 0.4) is 0 Å². The van der Waals surface area contributed by atoms with E-state index in [1.807, 2.05) is 0 Å². The average molecular weight is 701 g/mol. The lowest BCUT2D eigenvalue weighted by atomic mass is 10.0. The summed E-state index contributed by atoms with van der Waals surface area (Å²) in [6.07, 6.45) is 46.7. The van der Waals surface area contributed by atoms with Gasteiger partial charge in [-0.1, -0.05) is 114 Å². The molecule has 288 valence electrons. The van der Waals surface area contributed by atoms with Gasteiger partial charge in [-0.3, -0.25) is 14.4 Å². The monoisotopic (exact) mass is 701 g/mol. The Morgan fingerprint density at radius 2 is 0.780 bits per heavy atom. The van der Waals surface area contributed by atoms with E-state index in [-0.39, 0.29) is 24.0 Å². The first kappa shape index (κ1) is 47.4. The highest BCUT2D eigenvalue weighted by Crippen LogP contribution is 2.19. The van der Waals surface area contributed by atoms with Crippen molar-refractivity contribution in [1.82, 2.24) is 0 Å². The predicted molar refractivity (Wildman–Crippen MR) is 210 cm³/mol. The van der Waals surface area contributed by atoms with Crippen LogP contribution in [0.25, 0.3) is 0 Å². The molecule has 0 bridgehead atoms. The van der Waals surface area contributed by atoms with E-state index in [1.54, 1.807) is 0 Å². The standard InChI is InChI=1S/C44H76O6/c1-40(2)39-44(47)50-41(35-31-27-23-19-15-11-7-5-9-13-17-21-25-29-33-37-42(45)48-3)36-32-28-24-20-16-12-8-6-10-14-18-22-26-30-34-38-43(46)49-4/h5-6,9-10,17-18,21-22,40-41H,7-8,11-16,19-20,23-39H2,1-4H3/b9-5-,10-6-,21-17-,22-18-. The number of hydrogen-bond donors (Lipinski definition) is 0. The van der Waals surface area contributed by atoms with Crippen molar-refractivity contribution in [2.45, 2.75) is 193 Å². The van der Waals surface area contributed by atoms with E-state index in [1.165, 1.54) is 78.4 Å². The number of carbonyl (C=O) groups excluding carboxylic acids is 3. The smallest absolute Gasteiger partial charge is 0.306 e. The van der Waals surface area contributed by atoms with Gasteiger partial charge in [0.15, 0.2) is 0 Å². The number of carbonyl (C=O) groups is 3. The zero-order chi connectivity index (χ0) is 36.8. The normalized spacial score (nSPS) is 12.0. The lowest BCUT2D eigenvalue weighted by molar-refractivity contribution is -0.150. The second-order valence-electron chi connectivity index (χ2n) is 14.1. The average Bonchev–Trinajstić information content (AvgIpc) is 3.09. The van der Waals surface area contributed by atoms with Crippen molar-refractivity contribution in [3.63, 3.8) is 0 Å². The van der Waals surface area contributed by atoms with Gasteiger partial charge in [0, 0.05) is 19.3 Å². The SMILES string of the molecule is COC(=O)CCCC/C=C\C/C=C\CCCCCCCCC(CCCCCCCC/C=C\C/C=C\CCCCC(=O)OC)OC(=O)CC(C)C. The van der Waals surface area contributed by atoms with Crippen LogP contribution in [0.4, 0.5) is 0 Å². The minimum absolute atomic E-state index is 0.0247. The minimum atomic E-state index is -0.117. The Morgan fingerprint density at radius 3 is 1.14 bits per heavy atom. The van der Waals surface area contributed by atoms with Crippen LogP contribution in [-0.4, -0.2) is 38.2 Å². The molecule has 0 fully saturated rings. The van der Waals surface area contributed by atoms with Gasteiger partial charge in [0.1, 0.15) is 6.10 Å². The third-order valence-electron chi connectivity index (χ3n) is 8.84. The van der Waals surface area contributed by atoms with Gasteiger partial charge in [-0.2, -0.15) is 0 Å². The van der Waals surface area contributed by atoms with E-state index in [2.05, 4.69) is 71.9 Å². The fourth-order valence-electron chi connectivity index (χ4n) is 5.79. The second kappa shape index (κ2) is 37.6. The lowest BCUT2D eigenvalue weighted by Crippen LogP contribution is -2.19. The molecule has 0 aliphatic rings. The molecule has 0 unspecified atom stereocenters. The summed E-state index contributed by atoms with van der Waals surface area (Å²) in [4.78, 5) is 34.6. The second-order valence-corrected chi connectivity index (χ2v) is 14.1. The quantitative estimate of drug-likeness (QED) is 0.0283. The molecule has 0 aromatic rings. The van der Waals surface area contributed by atoms with Gasteiger partial charge in [0.05, 0.1) is 14.2 Å². The number of rotatable bonds is 35. The first-order chi connectivity index (χ1) is 24.4. The highest BCUT2D eigenvalue weighted by molar-refractivity contribution is 5.70. The lowest BCUT2D eigenvalue weighted by Gasteiger charge is -2.19. The van der Waals surface area contributed by atoms with E-state index in [0.717, 1.165) is 89.9 Å². The summed E-state index contributed by atoms with van der Waals surface area (Å²) in [7, 11) is 2.88. The van der Waals surface area contributed by atoms with Crippen molar-refractivity contribution in [1.29, 1.82) is 0 Å². The minimum Gasteiger partial charge on any atom is -0.469 e. The Hall–Kier alpha value is -2.63. The largest absolute Gasteiger partial charge is 0.469 e. The molecule has 0 radical (unpaired) electrons. The Balaban J connectivity index is 3.89. The number of ether oxygens (including phenoxy) is 3. The zero-order valence-corrected chi connectivity index (χ0v) is 32.8. The molecular formula is C44H76O6. The van der Waals surface area contributed by atoms with Crippen molar-refractivity contribution >= 4 is 17.9 Å². The van der Waals surface area contributed by atoms with Crippen LogP contribution in [-0.2, 0) is 28.6 Å². The molecule has 0 rings (SSSR count). The first-order valence-corrected chi connectivity index (χ1v) is 20.3. The van der Waals surface area contributed by atoms with Gasteiger partial charge in [-0.15, -0.1) is 0 Å². The summed E-state index contributed by atoms with van der Waals surface area (Å²) in [5.41, 5.74) is 0. The summed E-state index contributed by atoms with van der Waals surface area (Å²) in [5.74, 6) is 0.0805. The molecule has 0 aromatic carbocycles. The Labute approximate surface area is 307 Å².